The molecule has 0 atom stereocenters. The number of fused-ring (bicyclic) bond motifs is 1. The number of hydrogen-bond acceptors (Lipinski definition) is 3. The Morgan fingerprint density at radius 3 is 2.38 bits per heavy atom. The molecule has 0 unspecified atom stereocenters. The SMILES string of the molecule is CNc1nc(-c2cccnc2)cc2cc(-c3ccc(F)c(F)c3)ccc12. The summed E-state index contributed by atoms with van der Waals surface area (Å²) in [6.45, 7) is 0. The van der Waals surface area contributed by atoms with E-state index >= 15 is 0 Å². The van der Waals surface area contributed by atoms with Gasteiger partial charge in [-0.3, -0.25) is 4.98 Å². The molecule has 0 aliphatic carbocycles. The fourth-order valence-electron chi connectivity index (χ4n) is 2.97. The number of nitrogens with one attached hydrogen (secondary N) is 1. The molecule has 0 radical (unpaired) electrons. The average molecular weight is 347 g/mol. The molecule has 1 N–H and O–H groups in total. The summed E-state index contributed by atoms with van der Waals surface area (Å²) in [7, 11) is 1.82. The van der Waals surface area contributed by atoms with Gasteiger partial charge in [0.25, 0.3) is 0 Å². The van der Waals surface area contributed by atoms with Crippen molar-refractivity contribution in [1.29, 1.82) is 0 Å². The predicted molar refractivity (Wildman–Crippen MR) is 99.9 cm³/mol. The van der Waals surface area contributed by atoms with E-state index in [1.165, 1.54) is 6.07 Å². The lowest BCUT2D eigenvalue weighted by molar-refractivity contribution is 0.509. The van der Waals surface area contributed by atoms with Gasteiger partial charge in [-0.2, -0.15) is 0 Å². The van der Waals surface area contributed by atoms with Crippen LogP contribution in [0.2, 0.25) is 0 Å². The van der Waals surface area contributed by atoms with Crippen LogP contribution in [0, 0.1) is 11.6 Å². The molecule has 3 nitrogen and oxygen atoms in total. The molecule has 128 valence electrons. The van der Waals surface area contributed by atoms with E-state index < -0.39 is 11.6 Å². The number of aromatic nitrogens is 2. The maximum absolute atomic E-state index is 13.6. The van der Waals surface area contributed by atoms with Crippen molar-refractivity contribution in [1.82, 2.24) is 9.97 Å². The van der Waals surface area contributed by atoms with Crippen molar-refractivity contribution in [2.24, 2.45) is 0 Å². The summed E-state index contributed by atoms with van der Waals surface area (Å²) in [5.41, 5.74) is 3.12. The monoisotopic (exact) mass is 347 g/mol. The van der Waals surface area contributed by atoms with E-state index in [2.05, 4.69) is 15.3 Å². The molecule has 0 aliphatic heterocycles. The van der Waals surface area contributed by atoms with Crippen molar-refractivity contribution in [3.05, 3.63) is 78.6 Å². The Kier molecular flexibility index (Phi) is 4.05. The molecule has 0 aliphatic rings. The van der Waals surface area contributed by atoms with Crippen molar-refractivity contribution in [2.45, 2.75) is 0 Å². The van der Waals surface area contributed by atoms with E-state index in [1.807, 2.05) is 43.4 Å². The van der Waals surface area contributed by atoms with Gasteiger partial charge in [-0.05, 0) is 52.9 Å². The van der Waals surface area contributed by atoms with Crippen LogP contribution in [0.25, 0.3) is 33.2 Å². The average Bonchev–Trinajstić information content (AvgIpc) is 2.69. The lowest BCUT2D eigenvalue weighted by Crippen LogP contribution is -1.96. The van der Waals surface area contributed by atoms with Crippen LogP contribution in [0.4, 0.5) is 14.6 Å². The highest BCUT2D eigenvalue weighted by atomic mass is 19.2. The van der Waals surface area contributed by atoms with Crippen molar-refractivity contribution in [3.63, 3.8) is 0 Å². The van der Waals surface area contributed by atoms with E-state index in [4.69, 9.17) is 0 Å². The molecule has 0 saturated heterocycles. The van der Waals surface area contributed by atoms with Crippen LogP contribution < -0.4 is 5.32 Å². The maximum Gasteiger partial charge on any atom is 0.159 e. The van der Waals surface area contributed by atoms with Gasteiger partial charge in [0.1, 0.15) is 5.82 Å². The number of hydrogen-bond donors (Lipinski definition) is 1. The Morgan fingerprint density at radius 1 is 0.846 bits per heavy atom. The molecule has 4 aromatic rings. The standard InChI is InChI=1S/C21H15F2N3/c1-24-21-17-6-4-13(14-5-7-18(22)19(23)10-14)9-16(17)11-20(26-21)15-3-2-8-25-12-15/h2-12H,1H3,(H,24,26). The number of pyridine rings is 2. The van der Waals surface area contributed by atoms with E-state index in [0.29, 0.717) is 5.56 Å². The Bertz CT molecular complexity index is 1100. The minimum Gasteiger partial charge on any atom is -0.373 e. The zero-order valence-corrected chi connectivity index (χ0v) is 14.0. The Balaban J connectivity index is 1.90. The van der Waals surface area contributed by atoms with Gasteiger partial charge in [0, 0.05) is 30.4 Å². The highest BCUT2D eigenvalue weighted by molar-refractivity contribution is 5.97. The van der Waals surface area contributed by atoms with Crippen LogP contribution in [-0.2, 0) is 0 Å². The molecular weight excluding hydrogens is 332 g/mol. The second-order valence-corrected chi connectivity index (χ2v) is 5.91. The summed E-state index contributed by atoms with van der Waals surface area (Å²) in [4.78, 5) is 8.80. The number of rotatable bonds is 3. The second-order valence-electron chi connectivity index (χ2n) is 5.91. The largest absolute Gasteiger partial charge is 0.373 e. The third kappa shape index (κ3) is 2.88. The van der Waals surface area contributed by atoms with E-state index in [0.717, 1.165) is 39.5 Å². The first-order valence-electron chi connectivity index (χ1n) is 8.14. The topological polar surface area (TPSA) is 37.8 Å². The van der Waals surface area contributed by atoms with Crippen molar-refractivity contribution in [2.75, 3.05) is 12.4 Å². The quantitative estimate of drug-likeness (QED) is 0.548. The minimum atomic E-state index is -0.857. The first kappa shape index (κ1) is 16.1. The summed E-state index contributed by atoms with van der Waals surface area (Å²) >= 11 is 0. The molecule has 0 amide bonds. The summed E-state index contributed by atoms with van der Waals surface area (Å²) in [5, 5.41) is 5.01. The van der Waals surface area contributed by atoms with Crippen LogP contribution in [0.3, 0.4) is 0 Å². The number of benzene rings is 2. The van der Waals surface area contributed by atoms with Gasteiger partial charge >= 0.3 is 0 Å². The van der Waals surface area contributed by atoms with Crippen molar-refractivity contribution < 1.29 is 8.78 Å². The molecule has 0 saturated carbocycles. The molecule has 2 aromatic heterocycles. The van der Waals surface area contributed by atoms with Gasteiger partial charge in [0.2, 0.25) is 0 Å². The van der Waals surface area contributed by atoms with E-state index in [1.54, 1.807) is 18.5 Å². The predicted octanol–water partition coefficient (Wildman–Crippen LogP) is 5.28. The molecule has 2 heterocycles. The summed E-state index contributed by atoms with van der Waals surface area (Å²) in [6.07, 6.45) is 3.47. The molecule has 26 heavy (non-hydrogen) atoms. The Hall–Kier alpha value is -3.34. The molecule has 2 aromatic carbocycles. The van der Waals surface area contributed by atoms with E-state index in [9.17, 15) is 8.78 Å². The van der Waals surface area contributed by atoms with Gasteiger partial charge in [0.15, 0.2) is 11.6 Å². The lowest BCUT2D eigenvalue weighted by Gasteiger charge is -2.11. The van der Waals surface area contributed by atoms with E-state index in [-0.39, 0.29) is 0 Å². The summed E-state index contributed by atoms with van der Waals surface area (Å²) in [6, 6.07) is 15.4. The third-order valence-corrected chi connectivity index (χ3v) is 4.28. The minimum absolute atomic E-state index is 0.622. The highest BCUT2D eigenvalue weighted by Crippen LogP contribution is 2.31. The zero-order valence-electron chi connectivity index (χ0n) is 14.0. The molecule has 4 rings (SSSR count). The summed E-state index contributed by atoms with van der Waals surface area (Å²) < 4.78 is 26.8. The smallest absolute Gasteiger partial charge is 0.159 e. The van der Waals surface area contributed by atoms with Crippen LogP contribution in [0.5, 0.6) is 0 Å². The number of halogens is 2. The number of nitrogens with zero attached hydrogens (tertiary/aromatic N) is 2. The fourth-order valence-corrected chi connectivity index (χ4v) is 2.97. The van der Waals surface area contributed by atoms with Gasteiger partial charge in [-0.25, -0.2) is 13.8 Å². The van der Waals surface area contributed by atoms with Crippen LogP contribution in [0.15, 0.2) is 67.0 Å². The molecule has 5 heteroatoms. The fraction of sp³-hybridized carbons (Fsp3) is 0.0476. The lowest BCUT2D eigenvalue weighted by atomic mass is 10.0. The normalized spacial score (nSPS) is 10.9. The van der Waals surface area contributed by atoms with Crippen molar-refractivity contribution in [3.8, 4) is 22.4 Å². The molecule has 0 bridgehead atoms. The zero-order chi connectivity index (χ0) is 18.1. The van der Waals surface area contributed by atoms with Gasteiger partial charge in [-0.15, -0.1) is 0 Å². The molecule has 0 fully saturated rings. The third-order valence-electron chi connectivity index (χ3n) is 4.28. The van der Waals surface area contributed by atoms with Gasteiger partial charge in [-0.1, -0.05) is 18.2 Å². The van der Waals surface area contributed by atoms with Crippen LogP contribution in [0.1, 0.15) is 0 Å². The Morgan fingerprint density at radius 2 is 1.65 bits per heavy atom. The van der Waals surface area contributed by atoms with Gasteiger partial charge in [0.05, 0.1) is 5.69 Å². The highest BCUT2D eigenvalue weighted by Gasteiger charge is 2.10. The molecular formula is C21H15F2N3. The second kappa shape index (κ2) is 6.52. The van der Waals surface area contributed by atoms with Crippen LogP contribution in [-0.4, -0.2) is 17.0 Å². The van der Waals surface area contributed by atoms with Crippen LogP contribution >= 0.6 is 0 Å². The summed E-state index contributed by atoms with van der Waals surface area (Å²) in [5.74, 6) is -0.961. The first-order chi connectivity index (χ1) is 12.7. The number of anilines is 1. The van der Waals surface area contributed by atoms with Gasteiger partial charge < -0.3 is 5.32 Å². The van der Waals surface area contributed by atoms with Crippen molar-refractivity contribution >= 4 is 16.6 Å². The first-order valence-corrected chi connectivity index (χ1v) is 8.14. The Labute approximate surface area is 149 Å². The maximum atomic E-state index is 13.6. The molecule has 0 spiro atoms.